The summed E-state index contributed by atoms with van der Waals surface area (Å²) < 4.78 is 1.71. The van der Waals surface area contributed by atoms with E-state index < -0.39 is 0 Å². The highest BCUT2D eigenvalue weighted by Gasteiger charge is 2.12. The van der Waals surface area contributed by atoms with Crippen LogP contribution >= 0.6 is 0 Å². The molecular weight excluding hydrogens is 300 g/mol. The van der Waals surface area contributed by atoms with E-state index in [4.69, 9.17) is 4.98 Å². The summed E-state index contributed by atoms with van der Waals surface area (Å²) in [6, 6.07) is 13.7. The number of benzene rings is 1. The molecule has 3 aromatic heterocycles. The van der Waals surface area contributed by atoms with E-state index in [1.54, 1.807) is 23.0 Å². The Balaban J connectivity index is 1.89. The van der Waals surface area contributed by atoms with Gasteiger partial charge in [-0.3, -0.25) is 9.78 Å². The first-order valence-electron chi connectivity index (χ1n) is 7.58. The minimum absolute atomic E-state index is 0.624. The summed E-state index contributed by atoms with van der Waals surface area (Å²) in [6.07, 6.45) is 6.14. The van der Waals surface area contributed by atoms with Gasteiger partial charge in [-0.05, 0) is 24.6 Å². The van der Waals surface area contributed by atoms with Crippen molar-refractivity contribution < 1.29 is 4.79 Å². The van der Waals surface area contributed by atoms with Crippen molar-refractivity contribution in [1.29, 1.82) is 0 Å². The van der Waals surface area contributed by atoms with Gasteiger partial charge in [-0.25, -0.2) is 9.50 Å². The smallest absolute Gasteiger partial charge is 0.164 e. The van der Waals surface area contributed by atoms with Gasteiger partial charge in [0.25, 0.3) is 0 Å². The lowest BCUT2D eigenvalue weighted by Crippen LogP contribution is -1.94. The number of fused-ring (bicyclic) bond motifs is 1. The van der Waals surface area contributed by atoms with Gasteiger partial charge in [-0.15, -0.1) is 0 Å². The van der Waals surface area contributed by atoms with Crippen molar-refractivity contribution in [1.82, 2.24) is 19.6 Å². The highest BCUT2D eigenvalue weighted by Crippen LogP contribution is 2.25. The maximum Gasteiger partial charge on any atom is 0.164 e. The van der Waals surface area contributed by atoms with Gasteiger partial charge in [0.15, 0.2) is 5.65 Å². The molecule has 0 saturated heterocycles. The molecule has 0 aliphatic heterocycles. The molecule has 0 atom stereocenters. The fourth-order valence-corrected chi connectivity index (χ4v) is 2.63. The topological polar surface area (TPSA) is 60.1 Å². The average molecular weight is 314 g/mol. The molecule has 1 aromatic carbocycles. The molecule has 4 rings (SSSR count). The molecule has 0 radical (unpaired) electrons. The molecule has 4 aromatic rings. The van der Waals surface area contributed by atoms with Crippen LogP contribution in [0, 0.1) is 6.92 Å². The van der Waals surface area contributed by atoms with Crippen LogP contribution in [0.5, 0.6) is 0 Å². The van der Waals surface area contributed by atoms with Crippen LogP contribution in [-0.4, -0.2) is 25.9 Å². The first-order chi connectivity index (χ1) is 11.8. The van der Waals surface area contributed by atoms with Gasteiger partial charge in [-0.1, -0.05) is 30.3 Å². The van der Waals surface area contributed by atoms with Crippen LogP contribution in [-0.2, 0) is 0 Å². The first kappa shape index (κ1) is 14.3. The molecule has 0 spiro atoms. The van der Waals surface area contributed by atoms with Gasteiger partial charge in [0.05, 0.1) is 23.1 Å². The Morgan fingerprint density at radius 1 is 1.04 bits per heavy atom. The molecule has 0 N–H and O–H groups in total. The lowest BCUT2D eigenvalue weighted by Gasteiger charge is -2.04. The fraction of sp³-hybridized carbons (Fsp3) is 0.0526. The lowest BCUT2D eigenvalue weighted by molar-refractivity contribution is 0.112. The van der Waals surface area contributed by atoms with Crippen LogP contribution in [0.25, 0.3) is 28.2 Å². The number of aromatic nitrogens is 4. The van der Waals surface area contributed by atoms with Crippen LogP contribution in [0.3, 0.4) is 0 Å². The predicted molar refractivity (Wildman–Crippen MR) is 91.8 cm³/mol. The van der Waals surface area contributed by atoms with Gasteiger partial charge in [-0.2, -0.15) is 5.10 Å². The van der Waals surface area contributed by atoms with Crippen LogP contribution in [0.1, 0.15) is 15.9 Å². The zero-order valence-electron chi connectivity index (χ0n) is 13.0. The monoisotopic (exact) mass is 314 g/mol. The van der Waals surface area contributed by atoms with Crippen LogP contribution in [0.15, 0.2) is 61.1 Å². The molecule has 0 fully saturated rings. The third-order valence-electron chi connectivity index (χ3n) is 3.99. The van der Waals surface area contributed by atoms with Crippen molar-refractivity contribution >= 4 is 11.9 Å². The zero-order valence-corrected chi connectivity index (χ0v) is 13.0. The Bertz CT molecular complexity index is 1040. The number of rotatable bonds is 3. The summed E-state index contributed by atoms with van der Waals surface area (Å²) in [6.45, 7) is 1.86. The molecule has 0 saturated carbocycles. The van der Waals surface area contributed by atoms with E-state index in [2.05, 4.69) is 10.1 Å². The third kappa shape index (κ3) is 2.36. The largest absolute Gasteiger partial charge is 0.298 e. The predicted octanol–water partition coefficient (Wildman–Crippen LogP) is 3.58. The molecule has 0 bridgehead atoms. The van der Waals surface area contributed by atoms with Crippen LogP contribution in [0.2, 0.25) is 0 Å². The highest BCUT2D eigenvalue weighted by atomic mass is 16.1. The molecule has 3 heterocycles. The van der Waals surface area contributed by atoms with E-state index in [1.807, 2.05) is 49.5 Å². The maximum atomic E-state index is 11.2. The van der Waals surface area contributed by atoms with Crippen molar-refractivity contribution in [2.24, 2.45) is 0 Å². The number of hydrogen-bond donors (Lipinski definition) is 0. The maximum absolute atomic E-state index is 11.2. The third-order valence-corrected chi connectivity index (χ3v) is 3.99. The Morgan fingerprint density at radius 2 is 1.88 bits per heavy atom. The van der Waals surface area contributed by atoms with E-state index in [9.17, 15) is 4.79 Å². The summed E-state index contributed by atoms with van der Waals surface area (Å²) in [5, 5.41) is 4.33. The summed E-state index contributed by atoms with van der Waals surface area (Å²) >= 11 is 0. The van der Waals surface area contributed by atoms with Crippen LogP contribution < -0.4 is 0 Å². The van der Waals surface area contributed by atoms with Crippen molar-refractivity contribution in [3.63, 3.8) is 0 Å². The molecule has 5 heteroatoms. The summed E-state index contributed by atoms with van der Waals surface area (Å²) in [5.41, 5.74) is 5.59. The SMILES string of the molecule is Cc1cnc(-c2cnn3ccc(-c4ccccc4)nc23)cc1C=O. The summed E-state index contributed by atoms with van der Waals surface area (Å²) in [4.78, 5) is 20.3. The second-order valence-electron chi connectivity index (χ2n) is 5.55. The van der Waals surface area contributed by atoms with Gasteiger partial charge < -0.3 is 0 Å². The lowest BCUT2D eigenvalue weighted by atomic mass is 10.1. The van der Waals surface area contributed by atoms with E-state index in [1.165, 1.54) is 0 Å². The number of pyridine rings is 1. The molecule has 0 aliphatic carbocycles. The van der Waals surface area contributed by atoms with Crippen molar-refractivity contribution in [3.05, 3.63) is 72.2 Å². The Hall–Kier alpha value is -3.34. The second-order valence-corrected chi connectivity index (χ2v) is 5.55. The second kappa shape index (κ2) is 5.70. The molecular formula is C19H14N4O. The van der Waals surface area contributed by atoms with E-state index in [-0.39, 0.29) is 0 Å². The first-order valence-corrected chi connectivity index (χ1v) is 7.58. The molecule has 5 nitrogen and oxygen atoms in total. The highest BCUT2D eigenvalue weighted by molar-refractivity contribution is 5.82. The van der Waals surface area contributed by atoms with E-state index in [0.717, 1.165) is 28.7 Å². The van der Waals surface area contributed by atoms with Crippen molar-refractivity contribution in [3.8, 4) is 22.5 Å². The molecule has 0 aliphatic rings. The van der Waals surface area contributed by atoms with Gasteiger partial charge in [0, 0.05) is 23.5 Å². The Morgan fingerprint density at radius 3 is 2.67 bits per heavy atom. The Labute approximate surface area is 138 Å². The van der Waals surface area contributed by atoms with Crippen molar-refractivity contribution in [2.75, 3.05) is 0 Å². The normalized spacial score (nSPS) is 10.9. The molecule has 116 valence electrons. The summed E-state index contributed by atoms with van der Waals surface area (Å²) in [7, 11) is 0. The average Bonchev–Trinajstić information content (AvgIpc) is 3.06. The van der Waals surface area contributed by atoms with E-state index in [0.29, 0.717) is 16.9 Å². The number of nitrogens with zero attached hydrogens (tertiary/aromatic N) is 4. The van der Waals surface area contributed by atoms with Crippen LogP contribution in [0.4, 0.5) is 0 Å². The number of aldehydes is 1. The molecule has 0 amide bonds. The number of hydrogen-bond acceptors (Lipinski definition) is 4. The van der Waals surface area contributed by atoms with Gasteiger partial charge in [0.1, 0.15) is 6.29 Å². The molecule has 0 unspecified atom stereocenters. The minimum Gasteiger partial charge on any atom is -0.298 e. The minimum atomic E-state index is 0.624. The van der Waals surface area contributed by atoms with Gasteiger partial charge >= 0.3 is 0 Å². The van der Waals surface area contributed by atoms with Gasteiger partial charge in [0.2, 0.25) is 0 Å². The number of carbonyl (C=O) groups excluding carboxylic acids is 1. The number of carbonyl (C=O) groups is 1. The Kier molecular flexibility index (Phi) is 3.39. The fourth-order valence-electron chi connectivity index (χ4n) is 2.63. The summed E-state index contributed by atoms with van der Waals surface area (Å²) in [5.74, 6) is 0. The standard InChI is InChI=1S/C19H14N4O/c1-13-10-20-18(9-15(13)12-24)16-11-21-23-8-7-17(22-19(16)23)14-5-3-2-4-6-14/h2-12H,1H3. The quantitative estimate of drug-likeness (QED) is 0.542. The molecule has 24 heavy (non-hydrogen) atoms. The van der Waals surface area contributed by atoms with E-state index >= 15 is 0 Å². The zero-order chi connectivity index (χ0) is 16.5. The van der Waals surface area contributed by atoms with Crippen molar-refractivity contribution in [2.45, 2.75) is 6.92 Å². The number of aryl methyl sites for hydroxylation is 1.